The molecule has 0 fully saturated rings. The number of furan rings is 1. The van der Waals surface area contributed by atoms with Crippen LogP contribution in [0.5, 0.6) is 0 Å². The van der Waals surface area contributed by atoms with E-state index in [-0.39, 0.29) is 12.5 Å². The minimum Gasteiger partial charge on any atom is -0.463 e. The standard InChI is InChI=1S/C12H14N2O2/c15-8-9-3-1-5-14-7-10(13-12(9)14)11-4-2-6-16-11/h2,4,6-7,9,15H,1,3,5,8H2. The van der Waals surface area contributed by atoms with Crippen molar-refractivity contribution in [3.05, 3.63) is 30.4 Å². The molecule has 4 heteroatoms. The number of fused-ring (bicyclic) bond motifs is 1. The lowest BCUT2D eigenvalue weighted by molar-refractivity contribution is 0.238. The third-order valence-electron chi connectivity index (χ3n) is 3.12. The van der Waals surface area contributed by atoms with Crippen LogP contribution in [-0.2, 0) is 6.54 Å². The number of rotatable bonds is 2. The Bertz CT molecular complexity index is 473. The van der Waals surface area contributed by atoms with Crippen molar-refractivity contribution in [1.29, 1.82) is 0 Å². The Balaban J connectivity index is 2.02. The number of aliphatic hydroxyl groups is 1. The van der Waals surface area contributed by atoms with Gasteiger partial charge in [0.25, 0.3) is 0 Å². The lowest BCUT2D eigenvalue weighted by Crippen LogP contribution is -2.18. The molecular weight excluding hydrogens is 204 g/mol. The van der Waals surface area contributed by atoms with E-state index in [1.807, 2.05) is 18.3 Å². The zero-order valence-corrected chi connectivity index (χ0v) is 8.97. The summed E-state index contributed by atoms with van der Waals surface area (Å²) in [5.41, 5.74) is 0.861. The first-order valence-corrected chi connectivity index (χ1v) is 5.60. The summed E-state index contributed by atoms with van der Waals surface area (Å²) in [6, 6.07) is 3.76. The number of aryl methyl sites for hydroxylation is 1. The SMILES string of the molecule is OCC1CCCn2cc(-c3ccco3)nc21. The summed E-state index contributed by atoms with van der Waals surface area (Å²) < 4.78 is 7.46. The fourth-order valence-electron chi connectivity index (χ4n) is 2.29. The van der Waals surface area contributed by atoms with Crippen molar-refractivity contribution in [3.63, 3.8) is 0 Å². The molecule has 1 aliphatic rings. The second-order valence-corrected chi connectivity index (χ2v) is 4.18. The van der Waals surface area contributed by atoms with Gasteiger partial charge in [0, 0.05) is 18.7 Å². The van der Waals surface area contributed by atoms with Crippen LogP contribution in [0, 0.1) is 0 Å². The number of imidazole rings is 1. The minimum absolute atomic E-state index is 0.175. The summed E-state index contributed by atoms with van der Waals surface area (Å²) in [6.45, 7) is 1.16. The molecule has 3 heterocycles. The first-order chi connectivity index (χ1) is 7.88. The van der Waals surface area contributed by atoms with Gasteiger partial charge in [-0.05, 0) is 25.0 Å². The Morgan fingerprint density at radius 1 is 1.56 bits per heavy atom. The summed E-state index contributed by atoms with van der Waals surface area (Å²) in [7, 11) is 0. The third-order valence-corrected chi connectivity index (χ3v) is 3.12. The first-order valence-electron chi connectivity index (χ1n) is 5.60. The van der Waals surface area contributed by atoms with E-state index in [2.05, 4.69) is 9.55 Å². The smallest absolute Gasteiger partial charge is 0.153 e. The van der Waals surface area contributed by atoms with Crippen molar-refractivity contribution in [2.75, 3.05) is 6.61 Å². The van der Waals surface area contributed by atoms with Crippen molar-refractivity contribution in [2.24, 2.45) is 0 Å². The molecule has 2 aromatic rings. The first kappa shape index (κ1) is 9.66. The summed E-state index contributed by atoms with van der Waals surface area (Å²) >= 11 is 0. The molecule has 3 rings (SSSR count). The Morgan fingerprint density at radius 3 is 3.25 bits per heavy atom. The van der Waals surface area contributed by atoms with E-state index in [0.717, 1.165) is 36.7 Å². The highest BCUT2D eigenvalue weighted by Gasteiger charge is 2.23. The Labute approximate surface area is 93.5 Å². The molecule has 0 saturated carbocycles. The number of hydrogen-bond donors (Lipinski definition) is 1. The predicted octanol–water partition coefficient (Wildman–Crippen LogP) is 2.01. The van der Waals surface area contributed by atoms with Crippen LogP contribution in [0.2, 0.25) is 0 Å². The van der Waals surface area contributed by atoms with Crippen LogP contribution in [-0.4, -0.2) is 21.3 Å². The molecule has 0 spiro atoms. The maximum absolute atomic E-state index is 9.30. The maximum atomic E-state index is 9.30. The Morgan fingerprint density at radius 2 is 2.50 bits per heavy atom. The molecule has 84 valence electrons. The zero-order chi connectivity index (χ0) is 11.0. The fourth-order valence-corrected chi connectivity index (χ4v) is 2.29. The van der Waals surface area contributed by atoms with Gasteiger partial charge in [0.2, 0.25) is 0 Å². The molecular formula is C12H14N2O2. The lowest BCUT2D eigenvalue weighted by atomic mass is 10.0. The number of nitrogens with zero attached hydrogens (tertiary/aromatic N) is 2. The molecule has 0 amide bonds. The van der Waals surface area contributed by atoms with E-state index >= 15 is 0 Å². The molecule has 1 unspecified atom stereocenters. The van der Waals surface area contributed by atoms with Crippen molar-refractivity contribution in [3.8, 4) is 11.5 Å². The van der Waals surface area contributed by atoms with Crippen LogP contribution in [0.3, 0.4) is 0 Å². The van der Waals surface area contributed by atoms with Gasteiger partial charge in [-0.3, -0.25) is 0 Å². The molecule has 4 nitrogen and oxygen atoms in total. The van der Waals surface area contributed by atoms with Crippen molar-refractivity contribution in [1.82, 2.24) is 9.55 Å². The van der Waals surface area contributed by atoms with Gasteiger partial charge in [0.15, 0.2) is 5.76 Å². The van der Waals surface area contributed by atoms with E-state index in [1.165, 1.54) is 0 Å². The summed E-state index contributed by atoms with van der Waals surface area (Å²) in [4.78, 5) is 4.55. The van der Waals surface area contributed by atoms with Crippen molar-refractivity contribution in [2.45, 2.75) is 25.3 Å². The lowest BCUT2D eigenvalue weighted by Gasteiger charge is -2.20. The van der Waals surface area contributed by atoms with Crippen LogP contribution in [0.25, 0.3) is 11.5 Å². The largest absolute Gasteiger partial charge is 0.463 e. The normalized spacial score (nSPS) is 19.7. The highest BCUT2D eigenvalue weighted by atomic mass is 16.3. The predicted molar refractivity (Wildman–Crippen MR) is 59.0 cm³/mol. The van der Waals surface area contributed by atoms with Crippen molar-refractivity contribution < 1.29 is 9.52 Å². The van der Waals surface area contributed by atoms with Crippen LogP contribution in [0.1, 0.15) is 24.6 Å². The number of hydrogen-bond acceptors (Lipinski definition) is 3. The van der Waals surface area contributed by atoms with E-state index in [0.29, 0.717) is 0 Å². The zero-order valence-electron chi connectivity index (χ0n) is 8.97. The summed E-state index contributed by atoms with van der Waals surface area (Å²) in [5.74, 6) is 1.95. The summed E-state index contributed by atoms with van der Waals surface area (Å²) in [6.07, 6.45) is 5.78. The van der Waals surface area contributed by atoms with E-state index < -0.39 is 0 Å². The topological polar surface area (TPSA) is 51.2 Å². The van der Waals surface area contributed by atoms with Gasteiger partial charge in [0.1, 0.15) is 11.5 Å². The second kappa shape index (κ2) is 3.79. The molecule has 0 saturated heterocycles. The van der Waals surface area contributed by atoms with Gasteiger partial charge in [-0.1, -0.05) is 0 Å². The van der Waals surface area contributed by atoms with Gasteiger partial charge in [-0.2, -0.15) is 0 Å². The molecule has 16 heavy (non-hydrogen) atoms. The molecule has 0 radical (unpaired) electrons. The molecule has 1 aliphatic heterocycles. The van der Waals surface area contributed by atoms with E-state index in [1.54, 1.807) is 6.26 Å². The molecule has 0 aromatic carbocycles. The highest BCUT2D eigenvalue weighted by molar-refractivity contribution is 5.51. The molecule has 2 aromatic heterocycles. The third kappa shape index (κ3) is 1.46. The highest BCUT2D eigenvalue weighted by Crippen LogP contribution is 2.29. The van der Waals surface area contributed by atoms with E-state index in [4.69, 9.17) is 4.42 Å². The van der Waals surface area contributed by atoms with Gasteiger partial charge >= 0.3 is 0 Å². The van der Waals surface area contributed by atoms with E-state index in [9.17, 15) is 5.11 Å². The van der Waals surface area contributed by atoms with Gasteiger partial charge < -0.3 is 14.1 Å². The molecule has 1 atom stereocenters. The molecule has 1 N–H and O–H groups in total. The second-order valence-electron chi connectivity index (χ2n) is 4.18. The summed E-state index contributed by atoms with van der Waals surface area (Å²) in [5, 5.41) is 9.30. The number of aliphatic hydroxyl groups excluding tert-OH is 1. The number of aromatic nitrogens is 2. The monoisotopic (exact) mass is 218 g/mol. The molecule has 0 bridgehead atoms. The van der Waals surface area contributed by atoms with Crippen LogP contribution in [0.4, 0.5) is 0 Å². The van der Waals surface area contributed by atoms with Gasteiger partial charge in [-0.15, -0.1) is 0 Å². The van der Waals surface area contributed by atoms with Gasteiger partial charge in [0.05, 0.1) is 12.9 Å². The van der Waals surface area contributed by atoms with Crippen LogP contribution in [0.15, 0.2) is 29.0 Å². The van der Waals surface area contributed by atoms with Crippen molar-refractivity contribution >= 4 is 0 Å². The quantitative estimate of drug-likeness (QED) is 0.838. The molecule has 0 aliphatic carbocycles. The Hall–Kier alpha value is -1.55. The van der Waals surface area contributed by atoms with Gasteiger partial charge in [-0.25, -0.2) is 4.98 Å². The van der Waals surface area contributed by atoms with Crippen LogP contribution < -0.4 is 0 Å². The minimum atomic E-state index is 0.175. The fraction of sp³-hybridized carbons (Fsp3) is 0.417. The Kier molecular flexibility index (Phi) is 2.29. The average Bonchev–Trinajstić information content (AvgIpc) is 2.96. The maximum Gasteiger partial charge on any atom is 0.153 e. The average molecular weight is 218 g/mol. The van der Waals surface area contributed by atoms with Crippen LogP contribution >= 0.6 is 0 Å².